The molecule has 2 N–H and O–H groups in total. The smallest absolute Gasteiger partial charge is 0.368 e. The minimum absolute atomic E-state index is 0.0309. The van der Waals surface area contributed by atoms with E-state index in [1.165, 1.54) is 9.08 Å². The van der Waals surface area contributed by atoms with Crippen molar-refractivity contribution in [2.45, 2.75) is 43.9 Å². The van der Waals surface area contributed by atoms with Gasteiger partial charge in [0.1, 0.15) is 11.5 Å². The summed E-state index contributed by atoms with van der Waals surface area (Å²) in [7, 11) is 1.69. The van der Waals surface area contributed by atoms with Crippen molar-refractivity contribution in [2.75, 3.05) is 5.32 Å². The number of alkyl halides is 3. The summed E-state index contributed by atoms with van der Waals surface area (Å²) in [5.41, 5.74) is -0.394. The van der Waals surface area contributed by atoms with Crippen LogP contribution in [0.15, 0.2) is 30.6 Å². The molecule has 0 unspecified atom stereocenters. The van der Waals surface area contributed by atoms with Crippen molar-refractivity contribution in [1.29, 1.82) is 0 Å². The lowest BCUT2D eigenvalue weighted by Gasteiger charge is -2.30. The standard InChI is InChI=1S/C18H20F3N7O/c1-27-9-13(25-26-27)17(29)23-12-7-5-11(6-8-12)22-15-3-2-4-16-24-14(10-28(15)16)18(19,20)21/h2-4,9-12,22H,5-8H2,1H3,(H,23,29). The lowest BCUT2D eigenvalue weighted by Crippen LogP contribution is -2.40. The molecule has 154 valence electrons. The van der Waals surface area contributed by atoms with Crippen LogP contribution in [0.25, 0.3) is 5.65 Å². The Hall–Kier alpha value is -3.11. The van der Waals surface area contributed by atoms with Crippen molar-refractivity contribution in [3.8, 4) is 0 Å². The zero-order valence-corrected chi connectivity index (χ0v) is 15.6. The SMILES string of the molecule is Cn1cc(C(=O)NC2CCC(Nc3cccc4nc(C(F)(F)F)cn34)CC2)nn1. The third-order valence-corrected chi connectivity index (χ3v) is 5.03. The molecule has 4 rings (SSSR count). The van der Waals surface area contributed by atoms with Crippen LogP contribution in [0.3, 0.4) is 0 Å². The monoisotopic (exact) mass is 407 g/mol. The first-order chi connectivity index (χ1) is 13.8. The van der Waals surface area contributed by atoms with E-state index in [9.17, 15) is 18.0 Å². The first kappa shape index (κ1) is 19.2. The van der Waals surface area contributed by atoms with Crippen LogP contribution in [-0.2, 0) is 13.2 Å². The highest BCUT2D eigenvalue weighted by molar-refractivity contribution is 5.92. The first-order valence-electron chi connectivity index (χ1n) is 9.28. The number of hydrogen-bond donors (Lipinski definition) is 2. The molecule has 8 nitrogen and oxygen atoms in total. The number of amides is 1. The maximum absolute atomic E-state index is 12.9. The van der Waals surface area contributed by atoms with Gasteiger partial charge in [-0.1, -0.05) is 11.3 Å². The normalized spacial score (nSPS) is 20.0. The highest BCUT2D eigenvalue weighted by atomic mass is 19.4. The maximum atomic E-state index is 12.9. The average molecular weight is 407 g/mol. The first-order valence-corrected chi connectivity index (χ1v) is 9.28. The summed E-state index contributed by atoms with van der Waals surface area (Å²) in [6.07, 6.45) is 1.16. The largest absolute Gasteiger partial charge is 0.434 e. The van der Waals surface area contributed by atoms with E-state index in [4.69, 9.17) is 0 Å². The van der Waals surface area contributed by atoms with Crippen LogP contribution in [0, 0.1) is 0 Å². The number of anilines is 1. The molecule has 1 fully saturated rings. The summed E-state index contributed by atoms with van der Waals surface area (Å²) in [6, 6.07) is 5.08. The number of aryl methyl sites for hydroxylation is 1. The number of hydrogen-bond acceptors (Lipinski definition) is 5. The summed E-state index contributed by atoms with van der Waals surface area (Å²) in [4.78, 5) is 15.8. The number of pyridine rings is 1. The van der Waals surface area contributed by atoms with Crippen molar-refractivity contribution in [3.63, 3.8) is 0 Å². The van der Waals surface area contributed by atoms with E-state index in [0.29, 0.717) is 5.82 Å². The van der Waals surface area contributed by atoms with Crippen LogP contribution in [0.4, 0.5) is 19.0 Å². The Labute approximate surface area is 164 Å². The zero-order valence-electron chi connectivity index (χ0n) is 15.6. The van der Waals surface area contributed by atoms with Crippen molar-refractivity contribution in [3.05, 3.63) is 42.0 Å². The molecule has 3 heterocycles. The lowest BCUT2D eigenvalue weighted by atomic mass is 9.91. The van der Waals surface area contributed by atoms with Gasteiger partial charge in [-0.25, -0.2) is 4.98 Å². The highest BCUT2D eigenvalue weighted by Crippen LogP contribution is 2.30. The summed E-state index contributed by atoms with van der Waals surface area (Å²) in [5, 5.41) is 13.8. The zero-order chi connectivity index (χ0) is 20.6. The molecule has 0 aliphatic heterocycles. The number of carbonyl (C=O) groups is 1. The molecule has 1 aliphatic rings. The van der Waals surface area contributed by atoms with E-state index in [1.807, 2.05) is 0 Å². The minimum atomic E-state index is -4.48. The number of aromatic nitrogens is 5. The Morgan fingerprint density at radius 3 is 2.52 bits per heavy atom. The fraction of sp³-hybridized carbons (Fsp3) is 0.444. The third-order valence-electron chi connectivity index (χ3n) is 5.03. The van der Waals surface area contributed by atoms with Crippen LogP contribution >= 0.6 is 0 Å². The molecule has 0 aromatic carbocycles. The quantitative estimate of drug-likeness (QED) is 0.694. The Kier molecular flexibility index (Phi) is 4.89. The van der Waals surface area contributed by atoms with Gasteiger partial charge in [0, 0.05) is 25.3 Å². The molecule has 29 heavy (non-hydrogen) atoms. The van der Waals surface area contributed by atoms with E-state index in [0.717, 1.165) is 31.9 Å². The maximum Gasteiger partial charge on any atom is 0.434 e. The molecule has 0 atom stereocenters. The van der Waals surface area contributed by atoms with Crippen molar-refractivity contribution < 1.29 is 18.0 Å². The molecule has 1 aliphatic carbocycles. The van der Waals surface area contributed by atoms with Crippen LogP contribution in [0.2, 0.25) is 0 Å². The van der Waals surface area contributed by atoms with E-state index in [-0.39, 0.29) is 29.3 Å². The van der Waals surface area contributed by atoms with Gasteiger partial charge in [-0.2, -0.15) is 13.2 Å². The van der Waals surface area contributed by atoms with Gasteiger partial charge in [-0.15, -0.1) is 5.10 Å². The van der Waals surface area contributed by atoms with Crippen LogP contribution in [0.5, 0.6) is 0 Å². The molecular weight excluding hydrogens is 387 g/mol. The molecule has 0 radical (unpaired) electrons. The molecule has 0 saturated heterocycles. The van der Waals surface area contributed by atoms with Gasteiger partial charge in [-0.3, -0.25) is 13.9 Å². The number of rotatable bonds is 4. The number of nitrogens with one attached hydrogen (secondary N) is 2. The topological polar surface area (TPSA) is 89.1 Å². The molecular formula is C18H20F3N7O. The van der Waals surface area contributed by atoms with Gasteiger partial charge in [0.05, 0.1) is 6.20 Å². The Morgan fingerprint density at radius 1 is 1.14 bits per heavy atom. The number of fused-ring (bicyclic) bond motifs is 1. The summed E-state index contributed by atoms with van der Waals surface area (Å²) < 4.78 is 41.7. The van der Waals surface area contributed by atoms with E-state index in [1.54, 1.807) is 31.4 Å². The fourth-order valence-electron chi connectivity index (χ4n) is 3.57. The summed E-state index contributed by atoms with van der Waals surface area (Å²) >= 11 is 0. The number of halogens is 3. The van der Waals surface area contributed by atoms with Gasteiger partial charge in [0.25, 0.3) is 5.91 Å². The average Bonchev–Trinajstić information content (AvgIpc) is 3.30. The van der Waals surface area contributed by atoms with Crippen LogP contribution < -0.4 is 10.6 Å². The highest BCUT2D eigenvalue weighted by Gasteiger charge is 2.34. The number of imidazole rings is 1. The summed E-state index contributed by atoms with van der Waals surface area (Å²) in [5.74, 6) is 0.315. The predicted octanol–water partition coefficient (Wildman–Crippen LogP) is 2.63. The molecule has 11 heteroatoms. The molecule has 1 amide bonds. The third kappa shape index (κ3) is 4.17. The van der Waals surface area contributed by atoms with Gasteiger partial charge in [0.2, 0.25) is 0 Å². The minimum Gasteiger partial charge on any atom is -0.368 e. The lowest BCUT2D eigenvalue weighted by molar-refractivity contribution is -0.140. The molecule has 0 bridgehead atoms. The Morgan fingerprint density at radius 2 is 1.86 bits per heavy atom. The van der Waals surface area contributed by atoms with Crippen LogP contribution in [-0.4, -0.2) is 42.4 Å². The predicted molar refractivity (Wildman–Crippen MR) is 98.3 cm³/mol. The number of carbonyl (C=O) groups excluding carboxylic acids is 1. The molecule has 0 spiro atoms. The van der Waals surface area contributed by atoms with E-state index in [2.05, 4.69) is 25.9 Å². The molecule has 1 saturated carbocycles. The molecule has 3 aromatic rings. The number of nitrogens with zero attached hydrogens (tertiary/aromatic N) is 5. The van der Waals surface area contributed by atoms with Crippen molar-refractivity contribution in [2.24, 2.45) is 7.05 Å². The Bertz CT molecular complexity index is 1020. The second kappa shape index (κ2) is 7.37. The van der Waals surface area contributed by atoms with E-state index >= 15 is 0 Å². The summed E-state index contributed by atoms with van der Waals surface area (Å²) in [6.45, 7) is 0. The van der Waals surface area contributed by atoms with Crippen molar-refractivity contribution in [1.82, 2.24) is 29.7 Å². The second-order valence-electron chi connectivity index (χ2n) is 7.21. The Balaban J connectivity index is 1.37. The van der Waals surface area contributed by atoms with Gasteiger partial charge in [0.15, 0.2) is 11.4 Å². The second-order valence-corrected chi connectivity index (χ2v) is 7.21. The van der Waals surface area contributed by atoms with Gasteiger partial charge < -0.3 is 10.6 Å². The van der Waals surface area contributed by atoms with Crippen LogP contribution in [0.1, 0.15) is 41.9 Å². The van der Waals surface area contributed by atoms with Crippen molar-refractivity contribution >= 4 is 17.4 Å². The fourth-order valence-corrected chi connectivity index (χ4v) is 3.57. The van der Waals surface area contributed by atoms with E-state index < -0.39 is 11.9 Å². The van der Waals surface area contributed by atoms with Gasteiger partial charge >= 0.3 is 6.18 Å². The molecule has 3 aromatic heterocycles. The van der Waals surface area contributed by atoms with Gasteiger partial charge in [-0.05, 0) is 37.8 Å².